The number of rotatable bonds is 6. The third-order valence-electron chi connectivity index (χ3n) is 5.44. The largest absolute Gasteiger partial charge is 0.326 e. The van der Waals surface area contributed by atoms with Gasteiger partial charge in [0, 0.05) is 47.0 Å². The van der Waals surface area contributed by atoms with Crippen molar-refractivity contribution in [3.05, 3.63) is 59.0 Å². The molecule has 1 aromatic carbocycles. The zero-order valence-corrected chi connectivity index (χ0v) is 19.7. The van der Waals surface area contributed by atoms with E-state index in [1.54, 1.807) is 27.8 Å². The van der Waals surface area contributed by atoms with E-state index in [0.29, 0.717) is 23.0 Å². The lowest BCUT2D eigenvalue weighted by Gasteiger charge is -2.25. The van der Waals surface area contributed by atoms with Gasteiger partial charge in [0.05, 0.1) is 12.1 Å². The first-order chi connectivity index (χ1) is 15.5. The van der Waals surface area contributed by atoms with Crippen molar-refractivity contribution in [3.63, 3.8) is 0 Å². The smallest absolute Gasteiger partial charge is 0.252 e. The molecule has 0 spiro atoms. The molecular weight excluding hydrogens is 464 g/mol. The van der Waals surface area contributed by atoms with Crippen molar-refractivity contribution < 1.29 is 13.2 Å². The van der Waals surface area contributed by atoms with Crippen LogP contribution in [0.5, 0.6) is 0 Å². The number of carbonyl (C=O) groups excluding carboxylic acids is 1. The number of imidazole rings is 1. The van der Waals surface area contributed by atoms with Gasteiger partial charge in [-0.15, -0.1) is 22.7 Å². The third-order valence-corrected chi connectivity index (χ3v) is 9.66. The molecule has 0 radical (unpaired) electrons. The van der Waals surface area contributed by atoms with Gasteiger partial charge in [-0.05, 0) is 37.1 Å². The molecule has 0 unspecified atom stereocenters. The molecule has 32 heavy (non-hydrogen) atoms. The number of thiophene rings is 1. The maximum atomic E-state index is 12.8. The molecule has 1 fully saturated rings. The Labute approximate surface area is 194 Å². The number of anilines is 1. The average Bonchev–Trinajstić information content (AvgIpc) is 3.52. The van der Waals surface area contributed by atoms with Gasteiger partial charge in [0.1, 0.15) is 4.21 Å². The summed E-state index contributed by atoms with van der Waals surface area (Å²) in [5, 5.41) is 4.88. The lowest BCUT2D eigenvalue weighted by atomic mass is 10.1. The maximum Gasteiger partial charge on any atom is 0.252 e. The van der Waals surface area contributed by atoms with Crippen molar-refractivity contribution in [1.29, 1.82) is 0 Å². The van der Waals surface area contributed by atoms with Gasteiger partial charge in [-0.3, -0.25) is 9.20 Å². The summed E-state index contributed by atoms with van der Waals surface area (Å²) in [5.74, 6) is -0.177. The number of amides is 1. The third kappa shape index (κ3) is 4.36. The molecule has 4 aromatic rings. The molecule has 1 amide bonds. The second-order valence-electron chi connectivity index (χ2n) is 7.71. The Morgan fingerprint density at radius 2 is 1.84 bits per heavy atom. The van der Waals surface area contributed by atoms with Crippen LogP contribution in [-0.2, 0) is 21.2 Å². The van der Waals surface area contributed by atoms with E-state index in [2.05, 4.69) is 10.3 Å². The van der Waals surface area contributed by atoms with E-state index in [1.807, 2.05) is 46.4 Å². The average molecular weight is 487 g/mol. The summed E-state index contributed by atoms with van der Waals surface area (Å²) in [7, 11) is -3.46. The molecule has 166 valence electrons. The Balaban J connectivity index is 1.22. The summed E-state index contributed by atoms with van der Waals surface area (Å²) in [5.41, 5.74) is 2.55. The number of benzene rings is 1. The van der Waals surface area contributed by atoms with Crippen LogP contribution in [0.3, 0.4) is 0 Å². The van der Waals surface area contributed by atoms with Crippen molar-refractivity contribution in [3.8, 4) is 11.3 Å². The molecule has 7 nitrogen and oxygen atoms in total. The van der Waals surface area contributed by atoms with Crippen LogP contribution in [0, 0.1) is 0 Å². The van der Waals surface area contributed by atoms with Crippen molar-refractivity contribution >= 4 is 49.3 Å². The van der Waals surface area contributed by atoms with E-state index >= 15 is 0 Å². The van der Waals surface area contributed by atoms with Crippen LogP contribution in [0.1, 0.15) is 24.1 Å². The number of hydrogen-bond acceptors (Lipinski definition) is 6. The van der Waals surface area contributed by atoms with Gasteiger partial charge in [-0.2, -0.15) is 4.31 Å². The number of thiazole rings is 1. The zero-order chi connectivity index (χ0) is 22.1. The van der Waals surface area contributed by atoms with Gasteiger partial charge in [0.2, 0.25) is 5.91 Å². The number of carbonyl (C=O) groups is 1. The number of fused-ring (bicyclic) bond motifs is 1. The van der Waals surface area contributed by atoms with Gasteiger partial charge in [0.25, 0.3) is 10.0 Å². The van der Waals surface area contributed by atoms with Crippen molar-refractivity contribution in [2.24, 2.45) is 0 Å². The minimum Gasteiger partial charge on any atom is -0.326 e. The highest BCUT2D eigenvalue weighted by atomic mass is 32.2. The predicted octanol–water partition coefficient (Wildman–Crippen LogP) is 4.48. The summed E-state index contributed by atoms with van der Waals surface area (Å²) in [6, 6.07) is 10.9. The summed E-state index contributed by atoms with van der Waals surface area (Å²) in [4.78, 5) is 18.8. The number of nitrogens with zero attached hydrogens (tertiary/aromatic N) is 3. The van der Waals surface area contributed by atoms with Crippen LogP contribution >= 0.6 is 22.7 Å². The highest BCUT2D eigenvalue weighted by Crippen LogP contribution is 2.28. The second-order valence-corrected chi connectivity index (χ2v) is 11.9. The molecule has 1 saturated heterocycles. The van der Waals surface area contributed by atoms with E-state index in [0.717, 1.165) is 40.4 Å². The quantitative estimate of drug-likeness (QED) is 0.436. The van der Waals surface area contributed by atoms with Gasteiger partial charge in [-0.1, -0.05) is 18.6 Å². The van der Waals surface area contributed by atoms with E-state index in [4.69, 9.17) is 0 Å². The molecule has 5 rings (SSSR count). The topological polar surface area (TPSA) is 83.8 Å². The van der Waals surface area contributed by atoms with Gasteiger partial charge >= 0.3 is 0 Å². The lowest BCUT2D eigenvalue weighted by Crippen LogP contribution is -2.35. The van der Waals surface area contributed by atoms with Crippen LogP contribution in [0.4, 0.5) is 5.69 Å². The Kier molecular flexibility index (Phi) is 5.85. The Bertz CT molecular complexity index is 1320. The van der Waals surface area contributed by atoms with E-state index in [-0.39, 0.29) is 12.3 Å². The van der Waals surface area contributed by atoms with E-state index < -0.39 is 10.0 Å². The molecule has 1 aliphatic rings. The van der Waals surface area contributed by atoms with Crippen LogP contribution < -0.4 is 5.32 Å². The fraction of sp³-hybridized carbons (Fsp3) is 0.273. The van der Waals surface area contributed by atoms with Crippen molar-refractivity contribution in [1.82, 2.24) is 13.7 Å². The molecule has 1 N–H and O–H groups in total. The normalized spacial score (nSPS) is 15.2. The zero-order valence-electron chi connectivity index (χ0n) is 17.2. The van der Waals surface area contributed by atoms with Gasteiger partial charge in [0.15, 0.2) is 4.96 Å². The number of nitrogens with one attached hydrogen (secondary N) is 1. The van der Waals surface area contributed by atoms with Crippen LogP contribution in [0.2, 0.25) is 0 Å². The van der Waals surface area contributed by atoms with Crippen molar-refractivity contribution in [2.75, 3.05) is 18.4 Å². The van der Waals surface area contributed by atoms with E-state index in [9.17, 15) is 13.2 Å². The summed E-state index contributed by atoms with van der Waals surface area (Å²) in [6.07, 6.45) is 6.96. The van der Waals surface area contributed by atoms with Gasteiger partial charge in [-0.25, -0.2) is 13.4 Å². The first-order valence-electron chi connectivity index (χ1n) is 10.4. The molecule has 0 atom stereocenters. The summed E-state index contributed by atoms with van der Waals surface area (Å²) >= 11 is 2.76. The summed E-state index contributed by atoms with van der Waals surface area (Å²) < 4.78 is 29.4. The first-order valence-corrected chi connectivity index (χ1v) is 13.5. The lowest BCUT2D eigenvalue weighted by molar-refractivity contribution is -0.115. The monoisotopic (exact) mass is 486 g/mol. The van der Waals surface area contributed by atoms with Crippen LogP contribution in [0.15, 0.2) is 58.4 Å². The molecule has 1 aliphatic heterocycles. The molecule has 0 saturated carbocycles. The number of hydrogen-bond donors (Lipinski definition) is 1. The molecule has 3 aromatic heterocycles. The first kappa shape index (κ1) is 21.3. The molecule has 0 aliphatic carbocycles. The second kappa shape index (κ2) is 8.78. The Morgan fingerprint density at radius 3 is 2.59 bits per heavy atom. The standard InChI is InChI=1S/C22H22N4O3S3/c27-20(14-18-8-9-21(31-18)32(28,29)26-10-2-1-3-11-26)23-17-6-4-16(5-7-17)19-15-25-12-13-30-22(25)24-19/h4-9,12-13,15H,1-3,10-11,14H2,(H,23,27). The molecule has 10 heteroatoms. The maximum absolute atomic E-state index is 12.8. The van der Waals surface area contributed by atoms with E-state index in [1.165, 1.54) is 11.3 Å². The molecule has 4 heterocycles. The van der Waals surface area contributed by atoms with Gasteiger partial charge < -0.3 is 5.32 Å². The number of aromatic nitrogens is 2. The molecular formula is C22H22N4O3S3. The minimum atomic E-state index is -3.46. The minimum absolute atomic E-state index is 0.138. The van der Waals surface area contributed by atoms with Crippen LogP contribution in [0.25, 0.3) is 16.2 Å². The fourth-order valence-corrected chi connectivity index (χ4v) is 7.50. The SMILES string of the molecule is O=C(Cc1ccc(S(=O)(=O)N2CCCCC2)s1)Nc1ccc(-c2cn3ccsc3n2)cc1. The Morgan fingerprint density at radius 1 is 1.06 bits per heavy atom. The molecule has 0 bridgehead atoms. The highest BCUT2D eigenvalue weighted by molar-refractivity contribution is 7.91. The van der Waals surface area contributed by atoms with Crippen molar-refractivity contribution in [2.45, 2.75) is 29.9 Å². The number of piperidine rings is 1. The summed E-state index contributed by atoms with van der Waals surface area (Å²) in [6.45, 7) is 1.15. The highest BCUT2D eigenvalue weighted by Gasteiger charge is 2.27. The predicted molar refractivity (Wildman–Crippen MR) is 128 cm³/mol. The Hall–Kier alpha value is -2.53. The van der Waals surface area contributed by atoms with Crippen LogP contribution in [-0.4, -0.2) is 41.1 Å². The number of sulfonamides is 1. The fourth-order valence-electron chi connectivity index (χ4n) is 3.78.